The number of nitrogens with one attached hydrogen (secondary N) is 1. The van der Waals surface area contributed by atoms with Crippen LogP contribution in [0.4, 0.5) is 0 Å². The lowest BCUT2D eigenvalue weighted by Gasteiger charge is -2.24. The van der Waals surface area contributed by atoms with Gasteiger partial charge in [-0.15, -0.1) is 0 Å². The van der Waals surface area contributed by atoms with Crippen LogP contribution in [0.25, 0.3) is 0 Å². The lowest BCUT2D eigenvalue weighted by atomic mass is 9.92. The molecule has 0 bridgehead atoms. The summed E-state index contributed by atoms with van der Waals surface area (Å²) in [6.07, 6.45) is 3.67. The number of hydrogen-bond donors (Lipinski definition) is 2. The summed E-state index contributed by atoms with van der Waals surface area (Å²) in [4.78, 5) is 38.6. The zero-order valence-electron chi connectivity index (χ0n) is 15.8. The number of aliphatic carboxylic acids is 1. The minimum absolute atomic E-state index is 0.0498. The predicted molar refractivity (Wildman–Crippen MR) is 101 cm³/mol. The molecule has 2 N–H and O–H groups in total. The lowest BCUT2D eigenvalue weighted by molar-refractivity contribution is -0.143. The van der Waals surface area contributed by atoms with Gasteiger partial charge in [0.25, 0.3) is 0 Å². The fourth-order valence-electron chi connectivity index (χ4n) is 4.07. The first-order chi connectivity index (χ1) is 13.0. The monoisotopic (exact) mass is 372 g/mol. The van der Waals surface area contributed by atoms with Crippen molar-refractivity contribution in [2.24, 2.45) is 17.8 Å². The Balaban J connectivity index is 1.62. The first-order valence-electron chi connectivity index (χ1n) is 9.84. The van der Waals surface area contributed by atoms with Gasteiger partial charge >= 0.3 is 5.97 Å². The first kappa shape index (κ1) is 19.4. The second kappa shape index (κ2) is 8.55. The van der Waals surface area contributed by atoms with Gasteiger partial charge in [0.15, 0.2) is 0 Å². The van der Waals surface area contributed by atoms with E-state index in [0.717, 1.165) is 24.8 Å². The van der Waals surface area contributed by atoms with E-state index in [4.69, 9.17) is 0 Å². The summed E-state index contributed by atoms with van der Waals surface area (Å²) >= 11 is 0. The van der Waals surface area contributed by atoms with Crippen molar-refractivity contribution in [3.63, 3.8) is 0 Å². The van der Waals surface area contributed by atoms with E-state index in [1.807, 2.05) is 37.3 Å². The van der Waals surface area contributed by atoms with E-state index in [0.29, 0.717) is 18.9 Å². The molecule has 1 saturated heterocycles. The van der Waals surface area contributed by atoms with Crippen LogP contribution < -0.4 is 5.32 Å². The third-order valence-corrected chi connectivity index (χ3v) is 5.64. The van der Waals surface area contributed by atoms with E-state index in [1.54, 1.807) is 4.90 Å². The quantitative estimate of drug-likeness (QED) is 0.731. The SMILES string of the molecule is CCCC(NC(=O)Cc1ccccc1)C(=O)N1C[C@H](C(=O)O)[C@@H](C2CC2)C1. The number of carboxylic acids is 1. The summed E-state index contributed by atoms with van der Waals surface area (Å²) < 4.78 is 0. The molecule has 2 fully saturated rings. The Morgan fingerprint density at radius 2 is 1.89 bits per heavy atom. The highest BCUT2D eigenvalue weighted by molar-refractivity contribution is 5.89. The van der Waals surface area contributed by atoms with Crippen molar-refractivity contribution < 1.29 is 19.5 Å². The minimum Gasteiger partial charge on any atom is -0.481 e. The summed E-state index contributed by atoms with van der Waals surface area (Å²) in [5.41, 5.74) is 0.901. The van der Waals surface area contributed by atoms with Gasteiger partial charge in [0.2, 0.25) is 11.8 Å². The van der Waals surface area contributed by atoms with Gasteiger partial charge in [0.05, 0.1) is 12.3 Å². The van der Waals surface area contributed by atoms with Gasteiger partial charge in [-0.05, 0) is 36.7 Å². The molecule has 1 unspecified atom stereocenters. The van der Waals surface area contributed by atoms with Crippen LogP contribution in [0.2, 0.25) is 0 Å². The Morgan fingerprint density at radius 1 is 1.19 bits per heavy atom. The maximum atomic E-state index is 13.0. The molecule has 6 nitrogen and oxygen atoms in total. The van der Waals surface area contributed by atoms with Gasteiger partial charge in [-0.2, -0.15) is 0 Å². The summed E-state index contributed by atoms with van der Waals surface area (Å²) in [7, 11) is 0. The molecule has 0 aromatic heterocycles. The van der Waals surface area contributed by atoms with E-state index in [1.165, 1.54) is 0 Å². The molecule has 0 spiro atoms. The summed E-state index contributed by atoms with van der Waals surface area (Å²) in [6.45, 7) is 2.72. The molecule has 3 rings (SSSR count). The van der Waals surface area contributed by atoms with Crippen molar-refractivity contribution in [2.45, 2.75) is 45.1 Å². The molecule has 27 heavy (non-hydrogen) atoms. The van der Waals surface area contributed by atoms with Gasteiger partial charge in [-0.3, -0.25) is 14.4 Å². The lowest BCUT2D eigenvalue weighted by Crippen LogP contribution is -2.48. The highest BCUT2D eigenvalue weighted by Gasteiger charge is 2.47. The number of carbonyl (C=O) groups excluding carboxylic acids is 2. The fourth-order valence-corrected chi connectivity index (χ4v) is 4.07. The minimum atomic E-state index is -0.817. The van der Waals surface area contributed by atoms with E-state index in [-0.39, 0.29) is 30.7 Å². The number of nitrogens with zero attached hydrogens (tertiary/aromatic N) is 1. The number of benzene rings is 1. The largest absolute Gasteiger partial charge is 0.481 e. The topological polar surface area (TPSA) is 86.7 Å². The van der Waals surface area contributed by atoms with E-state index >= 15 is 0 Å². The molecule has 1 aliphatic carbocycles. The second-order valence-corrected chi connectivity index (χ2v) is 7.76. The number of hydrogen-bond acceptors (Lipinski definition) is 3. The Morgan fingerprint density at radius 3 is 2.48 bits per heavy atom. The number of amides is 2. The first-order valence-corrected chi connectivity index (χ1v) is 9.84. The Hall–Kier alpha value is -2.37. The van der Waals surface area contributed by atoms with Crippen molar-refractivity contribution in [1.82, 2.24) is 10.2 Å². The number of rotatable bonds is 8. The second-order valence-electron chi connectivity index (χ2n) is 7.76. The molecular formula is C21H28N2O4. The Bertz CT molecular complexity index is 687. The smallest absolute Gasteiger partial charge is 0.308 e. The Labute approximate surface area is 159 Å². The molecule has 1 aliphatic heterocycles. The van der Waals surface area contributed by atoms with Gasteiger partial charge in [-0.25, -0.2) is 0 Å². The molecule has 1 saturated carbocycles. The van der Waals surface area contributed by atoms with Crippen LogP contribution in [-0.4, -0.2) is 46.9 Å². The maximum Gasteiger partial charge on any atom is 0.308 e. The number of likely N-dealkylation sites (tertiary alicyclic amines) is 1. The molecule has 146 valence electrons. The van der Waals surface area contributed by atoms with E-state index in [2.05, 4.69) is 5.32 Å². The maximum absolute atomic E-state index is 13.0. The van der Waals surface area contributed by atoms with Gasteiger partial charge in [0.1, 0.15) is 6.04 Å². The summed E-state index contributed by atoms with van der Waals surface area (Å²) in [5.74, 6) is -1.14. The zero-order valence-corrected chi connectivity index (χ0v) is 15.8. The summed E-state index contributed by atoms with van der Waals surface area (Å²) in [5, 5.41) is 12.4. The molecule has 1 aromatic rings. The molecule has 2 amide bonds. The zero-order chi connectivity index (χ0) is 19.4. The van der Waals surface area contributed by atoms with Crippen LogP contribution >= 0.6 is 0 Å². The van der Waals surface area contributed by atoms with E-state index < -0.39 is 17.9 Å². The van der Waals surface area contributed by atoms with Crippen molar-refractivity contribution in [2.75, 3.05) is 13.1 Å². The average Bonchev–Trinajstić information content (AvgIpc) is 3.39. The van der Waals surface area contributed by atoms with Crippen molar-refractivity contribution >= 4 is 17.8 Å². The predicted octanol–water partition coefficient (Wildman–Crippen LogP) is 2.08. The van der Waals surface area contributed by atoms with Crippen molar-refractivity contribution in [1.29, 1.82) is 0 Å². The number of carboxylic acid groups (broad SMARTS) is 1. The molecule has 6 heteroatoms. The van der Waals surface area contributed by atoms with Crippen molar-refractivity contribution in [3.8, 4) is 0 Å². The van der Waals surface area contributed by atoms with Gasteiger partial charge < -0.3 is 15.3 Å². The fraction of sp³-hybridized carbons (Fsp3) is 0.571. The average molecular weight is 372 g/mol. The highest BCUT2D eigenvalue weighted by atomic mass is 16.4. The third kappa shape index (κ3) is 4.87. The van der Waals surface area contributed by atoms with Crippen LogP contribution in [0.3, 0.4) is 0 Å². The highest BCUT2D eigenvalue weighted by Crippen LogP contribution is 2.44. The van der Waals surface area contributed by atoms with Crippen LogP contribution in [-0.2, 0) is 20.8 Å². The molecule has 2 aliphatic rings. The normalized spacial score (nSPS) is 23.1. The van der Waals surface area contributed by atoms with Crippen LogP contribution in [0.1, 0.15) is 38.2 Å². The molecule has 1 heterocycles. The van der Waals surface area contributed by atoms with Crippen molar-refractivity contribution in [3.05, 3.63) is 35.9 Å². The van der Waals surface area contributed by atoms with Gasteiger partial charge in [0, 0.05) is 13.1 Å². The van der Waals surface area contributed by atoms with Gasteiger partial charge in [-0.1, -0.05) is 43.7 Å². The standard InChI is InChI=1S/C21H28N2O4/c1-2-6-18(22-19(24)11-14-7-4-3-5-8-14)20(25)23-12-16(15-9-10-15)17(13-23)21(26)27/h3-5,7-8,15-18H,2,6,9-13H2,1H3,(H,22,24)(H,26,27)/t16-,17+,18?/m1/s1. The summed E-state index contributed by atoms with van der Waals surface area (Å²) in [6, 6.07) is 8.84. The third-order valence-electron chi connectivity index (χ3n) is 5.64. The molecule has 3 atom stereocenters. The molecule has 1 aromatic carbocycles. The molecular weight excluding hydrogens is 344 g/mol. The van der Waals surface area contributed by atoms with Crippen LogP contribution in [0, 0.1) is 17.8 Å². The van der Waals surface area contributed by atoms with Crippen LogP contribution in [0.15, 0.2) is 30.3 Å². The number of carbonyl (C=O) groups is 3. The van der Waals surface area contributed by atoms with E-state index in [9.17, 15) is 19.5 Å². The van der Waals surface area contributed by atoms with Crippen LogP contribution in [0.5, 0.6) is 0 Å². The Kier molecular flexibility index (Phi) is 6.14. The molecule has 0 radical (unpaired) electrons.